The van der Waals surface area contributed by atoms with Gasteiger partial charge in [0.2, 0.25) is 5.91 Å². The van der Waals surface area contributed by atoms with E-state index in [1.54, 1.807) is 11.3 Å². The second-order valence-corrected chi connectivity index (χ2v) is 9.92. The zero-order valence-electron chi connectivity index (χ0n) is 16.9. The molecule has 2 aromatic heterocycles. The van der Waals surface area contributed by atoms with Crippen LogP contribution in [0.25, 0.3) is 0 Å². The molecule has 2 aromatic rings. The Bertz CT molecular complexity index is 977. The number of aromatic amines is 1. The van der Waals surface area contributed by atoms with Gasteiger partial charge < -0.3 is 9.88 Å². The zero-order chi connectivity index (χ0) is 20.0. The molecule has 3 aliphatic rings. The van der Waals surface area contributed by atoms with Crippen LogP contribution in [-0.4, -0.2) is 45.3 Å². The summed E-state index contributed by atoms with van der Waals surface area (Å²) in [7, 11) is 0. The molecule has 1 atom stereocenters. The van der Waals surface area contributed by atoms with Crippen molar-refractivity contribution in [1.29, 1.82) is 0 Å². The van der Waals surface area contributed by atoms with Crippen LogP contribution >= 0.6 is 11.3 Å². The van der Waals surface area contributed by atoms with Gasteiger partial charge in [-0.05, 0) is 56.2 Å². The van der Waals surface area contributed by atoms with E-state index < -0.39 is 0 Å². The Kier molecular flexibility index (Phi) is 5.04. The fraction of sp³-hybridized carbons (Fsp3) is 0.591. The molecule has 154 valence electrons. The molecule has 0 aromatic carbocycles. The molecule has 1 N–H and O–H groups in total. The maximum absolute atomic E-state index is 12.8. The van der Waals surface area contributed by atoms with Crippen molar-refractivity contribution in [3.8, 4) is 0 Å². The molecule has 6 nitrogen and oxygen atoms in total. The molecule has 4 heterocycles. The Balaban J connectivity index is 1.30. The van der Waals surface area contributed by atoms with Gasteiger partial charge in [-0.15, -0.1) is 11.3 Å². The van der Waals surface area contributed by atoms with Gasteiger partial charge in [0.05, 0.1) is 17.8 Å². The zero-order valence-corrected chi connectivity index (χ0v) is 17.8. The normalized spacial score (nSPS) is 22.5. The van der Waals surface area contributed by atoms with Crippen LogP contribution in [0.2, 0.25) is 0 Å². The van der Waals surface area contributed by atoms with Crippen LogP contribution in [0.4, 0.5) is 0 Å². The average molecular weight is 413 g/mol. The Morgan fingerprint density at radius 1 is 1.31 bits per heavy atom. The van der Waals surface area contributed by atoms with E-state index in [1.165, 1.54) is 10.4 Å². The van der Waals surface area contributed by atoms with E-state index in [4.69, 9.17) is 4.98 Å². The third-order valence-electron chi connectivity index (χ3n) is 6.41. The van der Waals surface area contributed by atoms with E-state index in [2.05, 4.69) is 28.3 Å². The highest BCUT2D eigenvalue weighted by Crippen LogP contribution is 2.32. The topological polar surface area (TPSA) is 69.3 Å². The number of piperidine rings is 1. The Morgan fingerprint density at radius 3 is 2.93 bits per heavy atom. The van der Waals surface area contributed by atoms with Crippen molar-refractivity contribution in [2.45, 2.75) is 58.0 Å². The van der Waals surface area contributed by atoms with Gasteiger partial charge in [0.1, 0.15) is 5.82 Å². The lowest BCUT2D eigenvalue weighted by Gasteiger charge is -2.33. The lowest BCUT2D eigenvalue weighted by atomic mass is 9.96. The number of carbonyl (C=O) groups is 1. The van der Waals surface area contributed by atoms with E-state index in [0.717, 1.165) is 56.8 Å². The van der Waals surface area contributed by atoms with Gasteiger partial charge in [0, 0.05) is 42.8 Å². The maximum Gasteiger partial charge on any atom is 0.256 e. The quantitative estimate of drug-likeness (QED) is 0.838. The number of thiophene rings is 1. The van der Waals surface area contributed by atoms with Gasteiger partial charge in [-0.1, -0.05) is 0 Å². The van der Waals surface area contributed by atoms with Crippen LogP contribution in [0.3, 0.4) is 0 Å². The monoisotopic (exact) mass is 412 g/mol. The first-order valence-electron chi connectivity index (χ1n) is 10.7. The molecule has 0 radical (unpaired) electrons. The van der Waals surface area contributed by atoms with Crippen LogP contribution in [0.15, 0.2) is 16.2 Å². The molecule has 1 aliphatic carbocycles. The van der Waals surface area contributed by atoms with Crippen molar-refractivity contribution in [2.75, 3.05) is 19.6 Å². The van der Waals surface area contributed by atoms with Gasteiger partial charge in [-0.25, -0.2) is 4.98 Å². The second-order valence-electron chi connectivity index (χ2n) is 8.80. The number of amides is 1. The predicted molar refractivity (Wildman–Crippen MR) is 113 cm³/mol. The van der Waals surface area contributed by atoms with Crippen LogP contribution in [0.5, 0.6) is 0 Å². The first kappa shape index (κ1) is 19.0. The Labute approximate surface area is 175 Å². The van der Waals surface area contributed by atoms with Gasteiger partial charge in [0.15, 0.2) is 0 Å². The number of carbonyl (C=O) groups excluding carboxylic acids is 1. The number of likely N-dealkylation sites (tertiary alicyclic amines) is 1. The molecule has 29 heavy (non-hydrogen) atoms. The summed E-state index contributed by atoms with van der Waals surface area (Å²) < 4.78 is 0. The smallest absolute Gasteiger partial charge is 0.256 e. The third-order valence-corrected chi connectivity index (χ3v) is 7.32. The molecule has 1 saturated heterocycles. The molecular weight excluding hydrogens is 384 g/mol. The minimum Gasteiger partial charge on any atom is -0.337 e. The number of nitrogens with zero attached hydrogens (tertiary/aromatic N) is 3. The number of nitrogens with one attached hydrogen (secondary N) is 1. The standard InChI is InChI=1S/C22H28N4O2S/c1-14-9-15(13-29-14)10-25-7-2-3-17(11-25)20-23-19-6-8-26(22(28)16-4-5-16)12-18(19)21(27)24-20/h9,13,16-17H,2-8,10-12H2,1H3,(H,23,24,27). The van der Waals surface area contributed by atoms with Gasteiger partial charge in [-0.3, -0.25) is 14.5 Å². The number of hydrogen-bond donors (Lipinski definition) is 1. The first-order valence-corrected chi connectivity index (χ1v) is 11.6. The largest absolute Gasteiger partial charge is 0.337 e. The van der Waals surface area contributed by atoms with Gasteiger partial charge >= 0.3 is 0 Å². The summed E-state index contributed by atoms with van der Waals surface area (Å²) in [5.41, 5.74) is 2.91. The number of hydrogen-bond acceptors (Lipinski definition) is 5. The van der Waals surface area contributed by atoms with Gasteiger partial charge in [0.25, 0.3) is 5.56 Å². The average Bonchev–Trinajstić information content (AvgIpc) is 3.50. The van der Waals surface area contributed by atoms with Crippen molar-refractivity contribution in [2.24, 2.45) is 5.92 Å². The SMILES string of the molecule is Cc1cc(CN2CCCC(c3nc4c(c(=O)[nH]3)CN(C(=O)C3CC3)CC4)C2)cs1. The van der Waals surface area contributed by atoms with Crippen molar-refractivity contribution in [1.82, 2.24) is 19.8 Å². The van der Waals surface area contributed by atoms with E-state index in [-0.39, 0.29) is 23.3 Å². The fourth-order valence-electron chi connectivity index (χ4n) is 4.68. The number of H-pyrrole nitrogens is 1. The molecule has 1 saturated carbocycles. The van der Waals surface area contributed by atoms with Crippen molar-refractivity contribution < 1.29 is 4.79 Å². The minimum atomic E-state index is -0.0520. The van der Waals surface area contributed by atoms with Crippen LogP contribution in [0, 0.1) is 12.8 Å². The number of rotatable bonds is 4. The molecular formula is C22H28N4O2S. The maximum atomic E-state index is 12.8. The highest BCUT2D eigenvalue weighted by atomic mass is 32.1. The third kappa shape index (κ3) is 4.03. The summed E-state index contributed by atoms with van der Waals surface area (Å²) in [5.74, 6) is 1.52. The Morgan fingerprint density at radius 2 is 2.17 bits per heavy atom. The summed E-state index contributed by atoms with van der Waals surface area (Å²) in [6.45, 7) is 6.25. The van der Waals surface area contributed by atoms with Crippen LogP contribution < -0.4 is 5.56 Å². The summed E-state index contributed by atoms with van der Waals surface area (Å²) >= 11 is 1.80. The highest BCUT2D eigenvalue weighted by molar-refractivity contribution is 7.10. The number of fused-ring (bicyclic) bond motifs is 1. The summed E-state index contributed by atoms with van der Waals surface area (Å²) in [6.07, 6.45) is 4.87. The number of aromatic nitrogens is 2. The molecule has 1 amide bonds. The Hall–Kier alpha value is -1.99. The molecule has 7 heteroatoms. The van der Waals surface area contributed by atoms with Gasteiger partial charge in [-0.2, -0.15) is 0 Å². The fourth-order valence-corrected chi connectivity index (χ4v) is 5.37. The summed E-state index contributed by atoms with van der Waals surface area (Å²) in [4.78, 5) is 38.8. The van der Waals surface area contributed by atoms with E-state index in [9.17, 15) is 9.59 Å². The molecule has 1 unspecified atom stereocenters. The molecule has 2 fully saturated rings. The van der Waals surface area contributed by atoms with Crippen LogP contribution in [0.1, 0.15) is 59.1 Å². The van der Waals surface area contributed by atoms with Crippen LogP contribution in [-0.2, 0) is 24.3 Å². The summed E-state index contributed by atoms with van der Waals surface area (Å²) in [6, 6.07) is 2.27. The molecule has 5 rings (SSSR count). The lowest BCUT2D eigenvalue weighted by Crippen LogP contribution is -2.41. The van der Waals surface area contributed by atoms with E-state index >= 15 is 0 Å². The van der Waals surface area contributed by atoms with Crippen molar-refractivity contribution >= 4 is 17.2 Å². The number of aryl methyl sites for hydroxylation is 1. The van der Waals surface area contributed by atoms with E-state index in [0.29, 0.717) is 25.1 Å². The van der Waals surface area contributed by atoms with Crippen molar-refractivity contribution in [3.05, 3.63) is 49.3 Å². The highest BCUT2D eigenvalue weighted by Gasteiger charge is 2.35. The predicted octanol–water partition coefficient (Wildman–Crippen LogP) is 2.81. The first-order chi connectivity index (χ1) is 14.1. The molecule has 2 aliphatic heterocycles. The van der Waals surface area contributed by atoms with E-state index in [1.807, 2.05) is 4.90 Å². The second kappa shape index (κ2) is 7.69. The molecule has 0 bridgehead atoms. The molecule has 0 spiro atoms. The minimum absolute atomic E-state index is 0.0520. The van der Waals surface area contributed by atoms with Crippen molar-refractivity contribution in [3.63, 3.8) is 0 Å². The lowest BCUT2D eigenvalue weighted by molar-refractivity contribution is -0.133. The summed E-state index contributed by atoms with van der Waals surface area (Å²) in [5, 5.41) is 2.24.